The fourth-order valence-electron chi connectivity index (χ4n) is 4.07. The van der Waals surface area contributed by atoms with Gasteiger partial charge in [-0.15, -0.1) is 6.58 Å². The number of hydrogen-bond donors (Lipinski definition) is 3. The van der Waals surface area contributed by atoms with Gasteiger partial charge in [-0.2, -0.15) is 4.98 Å². The fraction of sp³-hybridized carbons (Fsp3) is 0.462. The number of nitrogens with zero attached hydrogens (tertiary/aromatic N) is 5. The minimum atomic E-state index is -0.557. The van der Waals surface area contributed by atoms with E-state index >= 15 is 0 Å². The molecule has 3 aromatic heterocycles. The van der Waals surface area contributed by atoms with Gasteiger partial charge in [-0.05, 0) is 44.0 Å². The van der Waals surface area contributed by atoms with Gasteiger partial charge >= 0.3 is 0 Å². The molecule has 0 amide bonds. The molecule has 0 radical (unpaired) electrons. The standard InChI is InChI=1S/C26H37N7O2/c1-6-8-10-26(3,17-34)31-24-23-21(29-25(27)30-24)12-18(14-28-23)20-13-22(35)33(5)16-19(20)15-32(4)11-9-7-2/h7,12-14,16,34H,2,6,8-11,15,17H2,1,3-5H3,(H3,27,29,30,31)/t26-/m1/s1. The van der Waals surface area contributed by atoms with Crippen LogP contribution >= 0.6 is 0 Å². The Morgan fingerprint density at radius 3 is 2.80 bits per heavy atom. The van der Waals surface area contributed by atoms with Crippen molar-refractivity contribution in [1.82, 2.24) is 24.4 Å². The summed E-state index contributed by atoms with van der Waals surface area (Å²) in [6.07, 6.45) is 9.14. The van der Waals surface area contributed by atoms with E-state index in [2.05, 4.69) is 38.7 Å². The Bertz CT molecular complexity index is 1240. The summed E-state index contributed by atoms with van der Waals surface area (Å²) in [6.45, 7) is 9.34. The first kappa shape index (κ1) is 26.3. The molecule has 0 saturated heterocycles. The van der Waals surface area contributed by atoms with Crippen LogP contribution in [0.15, 0.2) is 42.0 Å². The molecule has 1 atom stereocenters. The van der Waals surface area contributed by atoms with E-state index in [0.29, 0.717) is 23.4 Å². The number of fused-ring (bicyclic) bond motifs is 1. The highest BCUT2D eigenvalue weighted by molar-refractivity contribution is 5.89. The number of pyridine rings is 2. The highest BCUT2D eigenvalue weighted by atomic mass is 16.3. The maximum absolute atomic E-state index is 12.5. The van der Waals surface area contributed by atoms with Crippen molar-refractivity contribution in [1.29, 1.82) is 0 Å². The summed E-state index contributed by atoms with van der Waals surface area (Å²) < 4.78 is 1.59. The summed E-state index contributed by atoms with van der Waals surface area (Å²) in [5, 5.41) is 13.4. The van der Waals surface area contributed by atoms with Gasteiger partial charge in [0.25, 0.3) is 5.56 Å². The van der Waals surface area contributed by atoms with Crippen molar-refractivity contribution < 1.29 is 5.11 Å². The van der Waals surface area contributed by atoms with Crippen LogP contribution in [0.2, 0.25) is 0 Å². The first-order valence-electron chi connectivity index (χ1n) is 12.0. The summed E-state index contributed by atoms with van der Waals surface area (Å²) in [7, 11) is 3.79. The van der Waals surface area contributed by atoms with Crippen molar-refractivity contribution in [2.45, 2.75) is 51.6 Å². The van der Waals surface area contributed by atoms with E-state index in [1.54, 1.807) is 23.9 Å². The maximum Gasteiger partial charge on any atom is 0.250 e. The Morgan fingerprint density at radius 1 is 1.34 bits per heavy atom. The number of hydrogen-bond acceptors (Lipinski definition) is 8. The van der Waals surface area contributed by atoms with Gasteiger partial charge in [-0.25, -0.2) is 4.98 Å². The molecule has 3 heterocycles. The molecule has 0 aliphatic rings. The van der Waals surface area contributed by atoms with Crippen LogP contribution in [0.3, 0.4) is 0 Å². The number of nitrogens with one attached hydrogen (secondary N) is 1. The molecule has 9 heteroatoms. The number of aromatic nitrogens is 4. The van der Waals surface area contributed by atoms with Crippen molar-refractivity contribution in [3.63, 3.8) is 0 Å². The van der Waals surface area contributed by atoms with Crippen LogP contribution in [0.1, 0.15) is 45.1 Å². The monoisotopic (exact) mass is 479 g/mol. The first-order valence-corrected chi connectivity index (χ1v) is 12.0. The number of aliphatic hydroxyl groups is 1. The maximum atomic E-state index is 12.5. The third kappa shape index (κ3) is 6.43. The molecule has 35 heavy (non-hydrogen) atoms. The van der Waals surface area contributed by atoms with Crippen LogP contribution in [0.25, 0.3) is 22.2 Å². The van der Waals surface area contributed by atoms with Gasteiger partial charge in [0, 0.05) is 44.2 Å². The van der Waals surface area contributed by atoms with E-state index in [1.165, 1.54) is 0 Å². The topological polar surface area (TPSA) is 122 Å². The lowest BCUT2D eigenvalue weighted by atomic mass is 9.96. The van der Waals surface area contributed by atoms with E-state index < -0.39 is 5.54 Å². The van der Waals surface area contributed by atoms with Crippen molar-refractivity contribution in [2.75, 3.05) is 31.2 Å². The normalized spacial score (nSPS) is 13.2. The SMILES string of the molecule is C=CCCN(C)Cc1cn(C)c(=O)cc1-c1cnc2c(N[C@@](C)(CO)CCCC)nc(N)nc2c1. The van der Waals surface area contributed by atoms with Crippen molar-refractivity contribution in [3.05, 3.63) is 53.1 Å². The molecule has 0 aliphatic heterocycles. The third-order valence-corrected chi connectivity index (χ3v) is 6.18. The molecule has 3 rings (SSSR count). The molecule has 3 aromatic rings. The summed E-state index contributed by atoms with van der Waals surface area (Å²) in [4.78, 5) is 28.1. The van der Waals surface area contributed by atoms with Gasteiger partial charge in [-0.1, -0.05) is 25.8 Å². The molecule has 0 aromatic carbocycles. The Labute approximate surface area is 206 Å². The lowest BCUT2D eigenvalue weighted by Gasteiger charge is -2.29. The summed E-state index contributed by atoms with van der Waals surface area (Å²) in [5.74, 6) is 0.600. The second-order valence-electron chi connectivity index (χ2n) is 9.45. The third-order valence-electron chi connectivity index (χ3n) is 6.18. The fourth-order valence-corrected chi connectivity index (χ4v) is 4.07. The first-order chi connectivity index (χ1) is 16.7. The van der Waals surface area contributed by atoms with E-state index in [9.17, 15) is 9.90 Å². The van der Waals surface area contributed by atoms with Crippen LogP contribution in [0, 0.1) is 0 Å². The van der Waals surface area contributed by atoms with Crippen LogP contribution < -0.4 is 16.6 Å². The van der Waals surface area contributed by atoms with Gasteiger partial charge in [0.15, 0.2) is 5.82 Å². The Kier molecular flexibility index (Phi) is 8.58. The number of aryl methyl sites for hydroxylation is 1. The van der Waals surface area contributed by atoms with Gasteiger partial charge in [0.05, 0.1) is 17.7 Å². The van der Waals surface area contributed by atoms with Crippen molar-refractivity contribution in [3.8, 4) is 11.1 Å². The lowest BCUT2D eigenvalue weighted by molar-refractivity contribution is 0.212. The van der Waals surface area contributed by atoms with Crippen LogP contribution in [0.4, 0.5) is 11.8 Å². The molecule has 0 fully saturated rings. The number of aliphatic hydroxyl groups excluding tert-OH is 1. The lowest BCUT2D eigenvalue weighted by Crippen LogP contribution is -2.39. The van der Waals surface area contributed by atoms with Gasteiger partial charge in [0.2, 0.25) is 5.95 Å². The highest BCUT2D eigenvalue weighted by Gasteiger charge is 2.25. The van der Waals surface area contributed by atoms with Crippen molar-refractivity contribution >= 4 is 22.8 Å². The van der Waals surface area contributed by atoms with Gasteiger partial charge in [-0.3, -0.25) is 9.78 Å². The summed E-state index contributed by atoms with van der Waals surface area (Å²) in [6, 6.07) is 3.52. The molecular formula is C26H37N7O2. The van der Waals surface area contributed by atoms with E-state index in [-0.39, 0.29) is 18.1 Å². The minimum absolute atomic E-state index is 0.0491. The average molecular weight is 480 g/mol. The van der Waals surface area contributed by atoms with Crippen molar-refractivity contribution in [2.24, 2.45) is 7.05 Å². The molecule has 9 nitrogen and oxygen atoms in total. The molecule has 4 N–H and O–H groups in total. The summed E-state index contributed by atoms with van der Waals surface area (Å²) >= 11 is 0. The summed E-state index contributed by atoms with van der Waals surface area (Å²) in [5.41, 5.74) is 9.11. The number of unbranched alkanes of at least 4 members (excludes halogenated alkanes) is 1. The zero-order valence-electron chi connectivity index (χ0n) is 21.2. The van der Waals surface area contributed by atoms with Crippen LogP contribution in [-0.2, 0) is 13.6 Å². The van der Waals surface area contributed by atoms with Crippen LogP contribution in [0.5, 0.6) is 0 Å². The molecule has 0 saturated carbocycles. The van der Waals surface area contributed by atoms with Gasteiger partial charge in [0.1, 0.15) is 5.52 Å². The molecule has 0 unspecified atom stereocenters. The zero-order valence-corrected chi connectivity index (χ0v) is 21.2. The minimum Gasteiger partial charge on any atom is -0.394 e. The molecule has 188 valence electrons. The van der Waals surface area contributed by atoms with E-state index in [1.807, 2.05) is 32.3 Å². The van der Waals surface area contributed by atoms with Gasteiger partial charge < -0.3 is 25.6 Å². The zero-order chi connectivity index (χ0) is 25.6. The number of anilines is 2. The molecular weight excluding hydrogens is 442 g/mol. The second-order valence-corrected chi connectivity index (χ2v) is 9.45. The molecule has 0 bridgehead atoms. The Hall–Kier alpha value is -3.30. The number of nitrogens with two attached hydrogens (primary N) is 1. The average Bonchev–Trinajstić information content (AvgIpc) is 2.83. The second kappa shape index (κ2) is 11.4. The predicted molar refractivity (Wildman–Crippen MR) is 142 cm³/mol. The number of nitrogen functional groups attached to an aromatic ring is 1. The molecule has 0 aliphatic carbocycles. The Morgan fingerprint density at radius 2 is 2.11 bits per heavy atom. The smallest absolute Gasteiger partial charge is 0.250 e. The Balaban J connectivity index is 2.05. The molecule has 0 spiro atoms. The van der Waals surface area contributed by atoms with E-state index in [4.69, 9.17) is 5.73 Å². The number of rotatable bonds is 12. The van der Waals surface area contributed by atoms with Crippen LogP contribution in [-0.4, -0.2) is 55.3 Å². The van der Waals surface area contributed by atoms with E-state index in [0.717, 1.165) is 48.9 Å². The predicted octanol–water partition coefficient (Wildman–Crippen LogP) is 3.33. The quantitative estimate of drug-likeness (QED) is 0.338. The largest absolute Gasteiger partial charge is 0.394 e. The highest BCUT2D eigenvalue weighted by Crippen LogP contribution is 2.29.